The Morgan fingerprint density at radius 3 is 2.45 bits per heavy atom. The number of pyridine rings is 1. The summed E-state index contributed by atoms with van der Waals surface area (Å²) < 4.78 is 20.5. The second kappa shape index (κ2) is 10.3. The van der Waals surface area contributed by atoms with Gasteiger partial charge in [-0.25, -0.2) is 23.9 Å². The predicted octanol–water partition coefficient (Wildman–Crippen LogP) is 4.51. The Morgan fingerprint density at radius 2 is 1.82 bits per heavy atom. The largest absolute Gasteiger partial charge is 0.465 e. The number of benzene rings is 1. The number of ether oxygens (including phenoxy) is 1. The molecule has 4 aromatic rings. The highest BCUT2D eigenvalue weighted by Crippen LogP contribution is 2.38. The summed E-state index contributed by atoms with van der Waals surface area (Å²) >= 11 is 1.19. The number of anilines is 3. The fourth-order valence-electron chi connectivity index (χ4n) is 4.58. The number of amides is 1. The highest BCUT2D eigenvalue weighted by atomic mass is 32.1. The molecule has 1 saturated heterocycles. The van der Waals surface area contributed by atoms with Gasteiger partial charge in [0.2, 0.25) is 0 Å². The number of methoxy groups -OCH3 is 1. The number of carboxylic acid groups (broad SMARTS) is 1. The van der Waals surface area contributed by atoms with E-state index >= 15 is 0 Å². The van der Waals surface area contributed by atoms with Gasteiger partial charge < -0.3 is 24.5 Å². The normalized spacial score (nSPS) is 13.7. The summed E-state index contributed by atoms with van der Waals surface area (Å²) in [5, 5.41) is 9.82. The molecule has 1 amide bonds. The fourth-order valence-corrected chi connectivity index (χ4v) is 5.55. The molecule has 0 bridgehead atoms. The molecule has 3 aromatic heterocycles. The van der Waals surface area contributed by atoms with Crippen LogP contribution in [0.5, 0.6) is 0 Å². The minimum atomic E-state index is -0.902. The number of nitrogens with zero attached hydrogens (tertiary/aromatic N) is 6. The van der Waals surface area contributed by atoms with Crippen molar-refractivity contribution in [2.24, 2.45) is 0 Å². The topological polar surface area (TPSA) is 104 Å². The molecule has 1 aromatic carbocycles. The maximum atomic E-state index is 13.5. The summed E-state index contributed by atoms with van der Waals surface area (Å²) in [5.41, 5.74) is 3.61. The van der Waals surface area contributed by atoms with Crippen LogP contribution >= 0.6 is 11.3 Å². The van der Waals surface area contributed by atoms with Crippen LogP contribution in [-0.4, -0.2) is 76.8 Å². The van der Waals surface area contributed by atoms with Crippen molar-refractivity contribution in [3.8, 4) is 11.3 Å². The minimum Gasteiger partial charge on any atom is -0.465 e. The first-order valence-electron chi connectivity index (χ1n) is 12.1. The quantitative estimate of drug-likeness (QED) is 0.358. The molecule has 0 spiro atoms. The molecule has 0 aliphatic carbocycles. The van der Waals surface area contributed by atoms with Crippen molar-refractivity contribution in [2.45, 2.75) is 13.3 Å². The van der Waals surface area contributed by atoms with Gasteiger partial charge >= 0.3 is 12.1 Å². The van der Waals surface area contributed by atoms with Gasteiger partial charge in [0.05, 0.1) is 24.2 Å². The number of hydrogen-bond acceptors (Lipinski definition) is 8. The van der Waals surface area contributed by atoms with Gasteiger partial charge in [0.15, 0.2) is 5.13 Å². The summed E-state index contributed by atoms with van der Waals surface area (Å²) in [4.78, 5) is 39.3. The number of carbonyl (C=O) groups excluding carboxylic acids is 1. The lowest BCUT2D eigenvalue weighted by Gasteiger charge is -2.34. The van der Waals surface area contributed by atoms with E-state index in [-0.39, 0.29) is 5.82 Å². The lowest BCUT2D eigenvalue weighted by Crippen LogP contribution is -2.48. The number of fused-ring (bicyclic) bond motifs is 1. The molecule has 0 radical (unpaired) electrons. The lowest BCUT2D eigenvalue weighted by molar-refractivity contribution is 0.0606. The Kier molecular flexibility index (Phi) is 6.89. The number of esters is 1. The van der Waals surface area contributed by atoms with Crippen LogP contribution in [-0.2, 0) is 11.2 Å². The van der Waals surface area contributed by atoms with Gasteiger partial charge in [0.1, 0.15) is 22.2 Å². The van der Waals surface area contributed by atoms with Crippen molar-refractivity contribution in [3.63, 3.8) is 0 Å². The van der Waals surface area contributed by atoms with Crippen LogP contribution in [0.3, 0.4) is 0 Å². The van der Waals surface area contributed by atoms with E-state index in [2.05, 4.69) is 4.90 Å². The second-order valence-electron chi connectivity index (χ2n) is 8.84. The number of carbonyl (C=O) groups is 2. The third kappa shape index (κ3) is 4.62. The molecule has 198 valence electrons. The molecule has 5 rings (SSSR count). The Bertz CT molecular complexity index is 1490. The first-order valence-corrected chi connectivity index (χ1v) is 12.9. The molecule has 38 heavy (non-hydrogen) atoms. The Balaban J connectivity index is 1.54. The van der Waals surface area contributed by atoms with Crippen LogP contribution in [0.4, 0.5) is 25.8 Å². The summed E-state index contributed by atoms with van der Waals surface area (Å²) in [5.74, 6) is -0.0816. The molecule has 0 unspecified atom stereocenters. The van der Waals surface area contributed by atoms with Crippen molar-refractivity contribution < 1.29 is 23.8 Å². The van der Waals surface area contributed by atoms with Gasteiger partial charge in [-0.05, 0) is 42.8 Å². The average molecular weight is 539 g/mol. The molecular weight excluding hydrogens is 511 g/mol. The maximum absolute atomic E-state index is 13.5. The minimum absolute atomic E-state index is 0.324. The number of aryl methyl sites for hydroxylation is 1. The average Bonchev–Trinajstić information content (AvgIpc) is 3.54. The van der Waals surface area contributed by atoms with Crippen LogP contribution in [0.2, 0.25) is 0 Å². The van der Waals surface area contributed by atoms with Gasteiger partial charge in [-0.2, -0.15) is 0 Å². The van der Waals surface area contributed by atoms with E-state index in [1.807, 2.05) is 41.6 Å². The molecule has 4 heterocycles. The fraction of sp³-hybridized carbons (Fsp3) is 0.308. The number of piperazine rings is 1. The molecule has 0 saturated carbocycles. The van der Waals surface area contributed by atoms with Crippen molar-refractivity contribution in [3.05, 3.63) is 59.0 Å². The van der Waals surface area contributed by atoms with Gasteiger partial charge in [0.25, 0.3) is 0 Å². The number of rotatable bonds is 6. The molecule has 1 fully saturated rings. The third-order valence-electron chi connectivity index (χ3n) is 6.61. The first-order chi connectivity index (χ1) is 18.3. The second-order valence-corrected chi connectivity index (χ2v) is 9.82. The molecule has 0 atom stereocenters. The Morgan fingerprint density at radius 1 is 1.11 bits per heavy atom. The van der Waals surface area contributed by atoms with E-state index in [4.69, 9.17) is 14.7 Å². The summed E-state index contributed by atoms with van der Waals surface area (Å²) in [6, 6.07) is 9.77. The zero-order chi connectivity index (χ0) is 27.0. The Hall–Kier alpha value is -4.19. The van der Waals surface area contributed by atoms with E-state index in [1.165, 1.54) is 35.5 Å². The van der Waals surface area contributed by atoms with Gasteiger partial charge in [-0.3, -0.25) is 4.40 Å². The monoisotopic (exact) mass is 538 g/mol. The SMILES string of the molecule is CCc1nc2ccc(N3CCN(C(=O)O)CC3)cn2c1N(C)c1nc(-c2ccc(F)cc2)c(C(=O)OC)s1. The number of thiazole rings is 1. The Labute approximate surface area is 222 Å². The third-order valence-corrected chi connectivity index (χ3v) is 7.72. The summed E-state index contributed by atoms with van der Waals surface area (Å²) in [7, 11) is 3.19. The highest BCUT2D eigenvalue weighted by molar-refractivity contribution is 7.18. The predicted molar refractivity (Wildman–Crippen MR) is 143 cm³/mol. The van der Waals surface area contributed by atoms with Crippen LogP contribution in [0.25, 0.3) is 16.9 Å². The summed E-state index contributed by atoms with van der Waals surface area (Å²) in [6.45, 7) is 4.08. The van der Waals surface area contributed by atoms with Crippen LogP contribution in [0, 0.1) is 5.82 Å². The van der Waals surface area contributed by atoms with Gasteiger partial charge in [-0.1, -0.05) is 18.3 Å². The van der Waals surface area contributed by atoms with E-state index in [9.17, 15) is 19.1 Å². The lowest BCUT2D eigenvalue weighted by atomic mass is 10.1. The van der Waals surface area contributed by atoms with Gasteiger partial charge in [-0.15, -0.1) is 0 Å². The molecule has 10 nitrogen and oxygen atoms in total. The first kappa shape index (κ1) is 25.5. The highest BCUT2D eigenvalue weighted by Gasteiger charge is 2.26. The number of imidazole rings is 1. The van der Waals surface area contributed by atoms with Crippen molar-refractivity contribution >= 4 is 45.7 Å². The molecule has 1 aliphatic rings. The number of halogens is 1. The molecule has 1 N–H and O–H groups in total. The van der Waals surface area contributed by atoms with Crippen molar-refractivity contribution in [1.29, 1.82) is 0 Å². The zero-order valence-corrected chi connectivity index (χ0v) is 22.0. The smallest absolute Gasteiger partial charge is 0.407 e. The zero-order valence-electron chi connectivity index (χ0n) is 21.2. The van der Waals surface area contributed by atoms with Crippen LogP contribution < -0.4 is 9.80 Å². The van der Waals surface area contributed by atoms with Crippen molar-refractivity contribution in [2.75, 3.05) is 50.1 Å². The number of aromatic nitrogens is 3. The van der Waals surface area contributed by atoms with E-state index in [0.29, 0.717) is 53.9 Å². The van der Waals surface area contributed by atoms with Gasteiger partial charge in [0, 0.05) is 45.0 Å². The molecule has 1 aliphatic heterocycles. The number of hydrogen-bond donors (Lipinski definition) is 1. The van der Waals surface area contributed by atoms with E-state index in [1.54, 1.807) is 12.1 Å². The molecule has 12 heteroatoms. The van der Waals surface area contributed by atoms with E-state index in [0.717, 1.165) is 22.8 Å². The maximum Gasteiger partial charge on any atom is 0.407 e. The standard InChI is InChI=1S/C26H27FN6O4S/c1-4-19-23(33-15-18(9-10-20(33)28-19)31-11-13-32(14-12-31)26(35)36)30(2)25-29-21(22(38-25)24(34)37-3)16-5-7-17(27)8-6-16/h5-10,15H,4,11-14H2,1-3H3,(H,35,36). The van der Waals surface area contributed by atoms with Crippen molar-refractivity contribution in [1.82, 2.24) is 19.3 Å². The van der Waals surface area contributed by atoms with Crippen LogP contribution in [0.1, 0.15) is 22.3 Å². The van der Waals surface area contributed by atoms with Crippen LogP contribution in [0.15, 0.2) is 42.6 Å². The van der Waals surface area contributed by atoms with E-state index < -0.39 is 12.1 Å². The molecular formula is C26H27FN6O4S. The summed E-state index contributed by atoms with van der Waals surface area (Å²) in [6.07, 6.45) is 1.77.